The van der Waals surface area contributed by atoms with E-state index in [0.717, 1.165) is 11.8 Å². The second-order valence-corrected chi connectivity index (χ2v) is 18.9. The summed E-state index contributed by atoms with van der Waals surface area (Å²) in [4.78, 5) is 0. The Hall–Kier alpha value is -2.08. The van der Waals surface area contributed by atoms with Crippen LogP contribution in [0.5, 0.6) is 0 Å². The Morgan fingerprint density at radius 3 is 1.00 bits per heavy atom. The molecule has 0 radical (unpaired) electrons. The summed E-state index contributed by atoms with van der Waals surface area (Å²) < 4.78 is 0. The SMILES string of the molecule is CC1(C)CCC(C)(C)C2=CC3C(C=C21)C1C=C2C(=CC1C3CCC1C3C=CC=C[C@H]3[C@H]3C=CC=CC13)C(C)(C)CCC2(C)C. The monoisotopic (exact) mass is 586 g/mol. The molecule has 44 heavy (non-hydrogen) atoms. The van der Waals surface area contributed by atoms with Crippen molar-refractivity contribution in [3.8, 4) is 0 Å². The van der Waals surface area contributed by atoms with Crippen LogP contribution in [0.1, 0.15) is 93.9 Å². The summed E-state index contributed by atoms with van der Waals surface area (Å²) in [6.07, 6.45) is 39.0. The summed E-state index contributed by atoms with van der Waals surface area (Å²) in [6.45, 7) is 20.3. The third-order valence-electron chi connectivity index (χ3n) is 14.7. The minimum atomic E-state index is 0.282. The van der Waals surface area contributed by atoms with Gasteiger partial charge in [-0.3, -0.25) is 0 Å². The predicted molar refractivity (Wildman–Crippen MR) is 187 cm³/mol. The third-order valence-corrected chi connectivity index (χ3v) is 14.7. The van der Waals surface area contributed by atoms with Crippen LogP contribution in [0.25, 0.3) is 0 Å². The maximum atomic E-state index is 2.88. The van der Waals surface area contributed by atoms with Gasteiger partial charge in [-0.15, -0.1) is 0 Å². The molecule has 7 unspecified atom stereocenters. The molecular weight excluding hydrogens is 528 g/mol. The average molecular weight is 587 g/mol. The van der Waals surface area contributed by atoms with Crippen LogP contribution in [0, 0.1) is 80.8 Å². The highest BCUT2D eigenvalue weighted by atomic mass is 14.6. The highest BCUT2D eigenvalue weighted by Crippen LogP contribution is 2.64. The van der Waals surface area contributed by atoms with E-state index in [1.807, 2.05) is 0 Å². The zero-order valence-electron chi connectivity index (χ0n) is 28.9. The van der Waals surface area contributed by atoms with Crippen molar-refractivity contribution in [3.63, 3.8) is 0 Å². The van der Waals surface area contributed by atoms with Crippen LogP contribution in [0.2, 0.25) is 0 Å². The summed E-state index contributed by atoms with van der Waals surface area (Å²) in [5.41, 5.74) is 7.94. The van der Waals surface area contributed by atoms with Crippen LogP contribution < -0.4 is 0 Å². The Morgan fingerprint density at radius 2 is 0.659 bits per heavy atom. The van der Waals surface area contributed by atoms with Gasteiger partial charge in [-0.25, -0.2) is 0 Å². The fourth-order valence-electron chi connectivity index (χ4n) is 11.9. The Balaban J connectivity index is 1.20. The van der Waals surface area contributed by atoms with Crippen molar-refractivity contribution in [1.29, 1.82) is 0 Å². The third kappa shape index (κ3) is 4.28. The molecule has 234 valence electrons. The number of fused-ring (bicyclic) bond motifs is 8. The van der Waals surface area contributed by atoms with Crippen LogP contribution in [0.4, 0.5) is 0 Å². The van der Waals surface area contributed by atoms with Crippen molar-refractivity contribution in [1.82, 2.24) is 0 Å². The molecule has 9 atom stereocenters. The molecule has 0 amide bonds. The molecule has 0 N–H and O–H groups in total. The van der Waals surface area contributed by atoms with Crippen molar-refractivity contribution in [2.75, 3.05) is 0 Å². The fourth-order valence-corrected chi connectivity index (χ4v) is 11.9. The second kappa shape index (κ2) is 9.72. The van der Waals surface area contributed by atoms with E-state index in [9.17, 15) is 0 Å². The number of hydrogen-bond acceptors (Lipinski definition) is 0. The smallest absolute Gasteiger partial charge is 0.00924 e. The number of hydrogen-bond donors (Lipinski definition) is 0. The zero-order chi connectivity index (χ0) is 30.8. The van der Waals surface area contributed by atoms with Crippen LogP contribution in [-0.4, -0.2) is 0 Å². The van der Waals surface area contributed by atoms with E-state index in [-0.39, 0.29) is 21.7 Å². The lowest BCUT2D eigenvalue weighted by molar-refractivity contribution is 0.237. The van der Waals surface area contributed by atoms with Crippen molar-refractivity contribution in [3.05, 3.63) is 95.2 Å². The molecule has 0 heteroatoms. The lowest BCUT2D eigenvalue weighted by Crippen LogP contribution is -2.36. The summed E-state index contributed by atoms with van der Waals surface area (Å²) >= 11 is 0. The van der Waals surface area contributed by atoms with E-state index in [1.165, 1.54) is 38.5 Å². The van der Waals surface area contributed by atoms with Gasteiger partial charge in [0.05, 0.1) is 0 Å². The Bertz CT molecular complexity index is 1360. The maximum Gasteiger partial charge on any atom is -0.00924 e. The fraction of sp³-hybridized carbons (Fsp3) is 0.636. The first-order valence-electron chi connectivity index (χ1n) is 18.4. The Morgan fingerprint density at radius 1 is 0.386 bits per heavy atom. The largest absolute Gasteiger partial charge is 0.0805 e. The molecule has 0 aromatic carbocycles. The van der Waals surface area contributed by atoms with E-state index in [4.69, 9.17) is 0 Å². The van der Waals surface area contributed by atoms with Gasteiger partial charge in [0.2, 0.25) is 0 Å². The lowest BCUT2D eigenvalue weighted by Gasteiger charge is -2.48. The molecule has 0 bridgehead atoms. The standard InChI is InChI=1S/C44H58/c1-41(2)19-21-43(5,6)39-25-35-33(23-37(39)41)32(34-24-38-40(26-36(34)35)44(7,8)22-20-42(38,3)4)18-17-31-29-15-11-9-13-27(29)28-14-10-12-16-30(28)31/h9-16,23-36H,17-22H2,1-8H3/t27-,28+,29?,30?,31?,32?,33?,34?,35?,36?. The molecular formula is C44H58. The van der Waals surface area contributed by atoms with Crippen molar-refractivity contribution < 1.29 is 0 Å². The summed E-state index contributed by atoms with van der Waals surface area (Å²) in [5.74, 6) is 6.83. The predicted octanol–water partition coefficient (Wildman–Crippen LogP) is 11.6. The topological polar surface area (TPSA) is 0 Å². The maximum absolute atomic E-state index is 2.88. The molecule has 0 nitrogen and oxygen atoms in total. The molecule has 0 aromatic rings. The molecule has 0 spiro atoms. The van der Waals surface area contributed by atoms with Gasteiger partial charge in [0, 0.05) is 0 Å². The van der Waals surface area contributed by atoms with E-state index < -0.39 is 0 Å². The van der Waals surface area contributed by atoms with Gasteiger partial charge in [0.25, 0.3) is 0 Å². The minimum Gasteiger partial charge on any atom is -0.0805 e. The molecule has 0 aromatic heterocycles. The van der Waals surface area contributed by atoms with Crippen LogP contribution in [0.15, 0.2) is 95.2 Å². The second-order valence-electron chi connectivity index (χ2n) is 18.9. The number of allylic oxidation sites excluding steroid dienone is 16. The molecule has 8 aliphatic carbocycles. The van der Waals surface area contributed by atoms with Gasteiger partial charge in [0.15, 0.2) is 0 Å². The molecule has 8 aliphatic rings. The van der Waals surface area contributed by atoms with Crippen molar-refractivity contribution in [2.24, 2.45) is 80.8 Å². The molecule has 0 aliphatic heterocycles. The quantitative estimate of drug-likeness (QED) is 0.308. The Kier molecular flexibility index (Phi) is 6.48. The first kappa shape index (κ1) is 29.3. The molecule has 4 saturated carbocycles. The summed E-state index contributed by atoms with van der Waals surface area (Å²) in [5, 5.41) is 0. The highest BCUT2D eigenvalue weighted by Gasteiger charge is 2.55. The lowest BCUT2D eigenvalue weighted by atomic mass is 9.56. The molecule has 8 rings (SSSR count). The van der Waals surface area contributed by atoms with Gasteiger partial charge in [0.1, 0.15) is 0 Å². The normalized spacial score (nSPS) is 44.2. The van der Waals surface area contributed by atoms with Gasteiger partial charge in [-0.05, 0) is 142 Å². The molecule has 0 saturated heterocycles. The summed E-state index contributed by atoms with van der Waals surface area (Å²) in [7, 11) is 0. The summed E-state index contributed by atoms with van der Waals surface area (Å²) in [6, 6.07) is 0. The van der Waals surface area contributed by atoms with Crippen LogP contribution in [0.3, 0.4) is 0 Å². The highest BCUT2D eigenvalue weighted by molar-refractivity contribution is 5.51. The van der Waals surface area contributed by atoms with E-state index in [0.29, 0.717) is 47.3 Å². The van der Waals surface area contributed by atoms with E-state index >= 15 is 0 Å². The van der Waals surface area contributed by atoms with Crippen LogP contribution in [-0.2, 0) is 0 Å². The van der Waals surface area contributed by atoms with Crippen molar-refractivity contribution in [2.45, 2.75) is 93.9 Å². The first-order chi connectivity index (χ1) is 20.8. The number of rotatable bonds is 3. The van der Waals surface area contributed by atoms with E-state index in [1.54, 1.807) is 22.3 Å². The van der Waals surface area contributed by atoms with Crippen molar-refractivity contribution >= 4 is 0 Å². The average Bonchev–Trinajstić information content (AvgIpc) is 3.47. The van der Waals surface area contributed by atoms with Gasteiger partial charge in [-0.1, -0.05) is 128 Å². The Labute approximate surface area is 269 Å². The molecule has 0 heterocycles. The van der Waals surface area contributed by atoms with Gasteiger partial charge in [-0.2, -0.15) is 0 Å². The molecule has 4 fully saturated rings. The minimum absolute atomic E-state index is 0.282. The first-order valence-corrected chi connectivity index (χ1v) is 18.4. The van der Waals surface area contributed by atoms with Crippen LogP contribution >= 0.6 is 0 Å². The van der Waals surface area contributed by atoms with E-state index in [2.05, 4.69) is 128 Å². The van der Waals surface area contributed by atoms with Gasteiger partial charge < -0.3 is 0 Å². The zero-order valence-corrected chi connectivity index (χ0v) is 28.9. The van der Waals surface area contributed by atoms with Gasteiger partial charge >= 0.3 is 0 Å².